The fourth-order valence-electron chi connectivity index (χ4n) is 0.794. The van der Waals surface area contributed by atoms with Crippen molar-refractivity contribution in [2.45, 2.75) is 19.8 Å². The zero-order valence-electron chi connectivity index (χ0n) is 6.20. The lowest BCUT2D eigenvalue weighted by molar-refractivity contribution is -0.136. The van der Waals surface area contributed by atoms with Crippen molar-refractivity contribution in [1.29, 1.82) is 0 Å². The molecule has 0 fully saturated rings. The van der Waals surface area contributed by atoms with Crippen molar-refractivity contribution in [3.05, 3.63) is 17.5 Å². The summed E-state index contributed by atoms with van der Waals surface area (Å²) >= 11 is 0. The number of carbonyl (C=O) groups is 1. The molecule has 1 aromatic heterocycles. The van der Waals surface area contributed by atoms with Crippen LogP contribution < -0.4 is 0 Å². The van der Waals surface area contributed by atoms with E-state index in [0.29, 0.717) is 6.42 Å². The molecule has 60 valence electrons. The van der Waals surface area contributed by atoms with Crippen LogP contribution in [0.25, 0.3) is 0 Å². The number of rotatable bonds is 3. The second-order valence-electron chi connectivity index (χ2n) is 2.32. The smallest absolute Gasteiger partial charge is 0.303 e. The Labute approximate surface area is 63.8 Å². The van der Waals surface area contributed by atoms with Gasteiger partial charge in [0, 0.05) is 12.0 Å². The van der Waals surface area contributed by atoms with Gasteiger partial charge in [-0.2, -0.15) is 0 Å². The van der Waals surface area contributed by atoms with Gasteiger partial charge in [0.1, 0.15) is 6.26 Å². The molecular weight excluding hydrogens is 146 g/mol. The molecule has 0 aromatic carbocycles. The van der Waals surface area contributed by atoms with Gasteiger partial charge in [0.05, 0.1) is 5.69 Å². The average molecular weight is 155 g/mol. The highest BCUT2D eigenvalue weighted by Gasteiger charge is 2.04. The maximum atomic E-state index is 10.2. The Morgan fingerprint density at radius 3 is 3.00 bits per heavy atom. The SMILES string of the molecule is Cc1nocc1CCC(=O)O. The molecule has 1 N–H and O–H groups in total. The number of aryl methyl sites for hydroxylation is 2. The van der Waals surface area contributed by atoms with Crippen molar-refractivity contribution < 1.29 is 14.4 Å². The van der Waals surface area contributed by atoms with Crippen LogP contribution in [0.1, 0.15) is 17.7 Å². The highest BCUT2D eigenvalue weighted by molar-refractivity contribution is 5.67. The third kappa shape index (κ3) is 2.07. The second-order valence-corrected chi connectivity index (χ2v) is 2.32. The van der Waals surface area contributed by atoms with E-state index in [9.17, 15) is 4.79 Å². The van der Waals surface area contributed by atoms with Gasteiger partial charge in [-0.1, -0.05) is 5.16 Å². The lowest BCUT2D eigenvalue weighted by Gasteiger charge is -1.91. The summed E-state index contributed by atoms with van der Waals surface area (Å²) in [5, 5.41) is 12.0. The quantitative estimate of drug-likeness (QED) is 0.707. The minimum absolute atomic E-state index is 0.127. The molecule has 0 spiro atoms. The van der Waals surface area contributed by atoms with E-state index in [-0.39, 0.29) is 6.42 Å². The zero-order valence-corrected chi connectivity index (χ0v) is 6.20. The Morgan fingerprint density at radius 2 is 2.55 bits per heavy atom. The first kappa shape index (κ1) is 7.78. The molecule has 1 heterocycles. The number of aliphatic carboxylic acids is 1. The Kier molecular flexibility index (Phi) is 2.25. The van der Waals surface area contributed by atoms with Gasteiger partial charge in [-0.3, -0.25) is 4.79 Å². The molecule has 0 radical (unpaired) electrons. The third-order valence-corrected chi connectivity index (χ3v) is 1.46. The molecule has 0 aliphatic rings. The van der Waals surface area contributed by atoms with Crippen LogP contribution >= 0.6 is 0 Å². The summed E-state index contributed by atoms with van der Waals surface area (Å²) in [6.07, 6.45) is 2.10. The van der Waals surface area contributed by atoms with Crippen LogP contribution in [0.15, 0.2) is 10.8 Å². The van der Waals surface area contributed by atoms with E-state index in [0.717, 1.165) is 11.3 Å². The summed E-state index contributed by atoms with van der Waals surface area (Å²) in [7, 11) is 0. The van der Waals surface area contributed by atoms with Gasteiger partial charge in [-0.05, 0) is 13.3 Å². The molecule has 0 unspecified atom stereocenters. The van der Waals surface area contributed by atoms with E-state index in [1.54, 1.807) is 6.92 Å². The Balaban J connectivity index is 2.51. The van der Waals surface area contributed by atoms with Crippen molar-refractivity contribution in [2.24, 2.45) is 0 Å². The van der Waals surface area contributed by atoms with E-state index >= 15 is 0 Å². The highest BCUT2D eigenvalue weighted by atomic mass is 16.5. The lowest BCUT2D eigenvalue weighted by atomic mass is 10.1. The largest absolute Gasteiger partial charge is 0.481 e. The summed E-state index contributed by atoms with van der Waals surface area (Å²) in [5.41, 5.74) is 1.64. The number of carboxylic acids is 1. The van der Waals surface area contributed by atoms with Gasteiger partial charge >= 0.3 is 5.97 Å². The molecule has 0 bridgehead atoms. The fourth-order valence-corrected chi connectivity index (χ4v) is 0.794. The third-order valence-electron chi connectivity index (χ3n) is 1.46. The Hall–Kier alpha value is -1.32. The van der Waals surface area contributed by atoms with Gasteiger partial charge in [0.25, 0.3) is 0 Å². The van der Waals surface area contributed by atoms with Crippen molar-refractivity contribution in [1.82, 2.24) is 5.16 Å². The van der Waals surface area contributed by atoms with E-state index in [1.165, 1.54) is 6.26 Å². The first-order valence-corrected chi connectivity index (χ1v) is 3.32. The maximum absolute atomic E-state index is 10.2. The molecular formula is C7H9NO3. The Bertz CT molecular complexity index is 254. The number of hydrogen-bond acceptors (Lipinski definition) is 3. The molecule has 0 amide bonds. The lowest BCUT2D eigenvalue weighted by Crippen LogP contribution is -1.97. The second kappa shape index (κ2) is 3.18. The Morgan fingerprint density at radius 1 is 1.82 bits per heavy atom. The number of carboxylic acid groups (broad SMARTS) is 1. The molecule has 4 heteroatoms. The zero-order chi connectivity index (χ0) is 8.27. The maximum Gasteiger partial charge on any atom is 0.303 e. The molecule has 11 heavy (non-hydrogen) atoms. The molecule has 0 saturated carbocycles. The summed E-state index contributed by atoms with van der Waals surface area (Å²) in [4.78, 5) is 10.2. The molecule has 4 nitrogen and oxygen atoms in total. The summed E-state index contributed by atoms with van der Waals surface area (Å²) in [5.74, 6) is -0.800. The van der Waals surface area contributed by atoms with Gasteiger partial charge in [-0.25, -0.2) is 0 Å². The first-order chi connectivity index (χ1) is 5.20. The van der Waals surface area contributed by atoms with Crippen LogP contribution in [0.5, 0.6) is 0 Å². The number of aromatic nitrogens is 1. The van der Waals surface area contributed by atoms with E-state index in [2.05, 4.69) is 9.68 Å². The van der Waals surface area contributed by atoms with Crippen LogP contribution in [0.4, 0.5) is 0 Å². The predicted octanol–water partition coefficient (Wildman–Crippen LogP) is 1.00. The van der Waals surface area contributed by atoms with Crippen LogP contribution in [-0.4, -0.2) is 16.2 Å². The minimum atomic E-state index is -0.800. The topological polar surface area (TPSA) is 63.3 Å². The molecule has 0 atom stereocenters. The van der Waals surface area contributed by atoms with Crippen LogP contribution in [0.2, 0.25) is 0 Å². The number of hydrogen-bond donors (Lipinski definition) is 1. The van der Waals surface area contributed by atoms with Crippen molar-refractivity contribution in [3.63, 3.8) is 0 Å². The van der Waals surface area contributed by atoms with Crippen molar-refractivity contribution in [3.8, 4) is 0 Å². The van der Waals surface area contributed by atoms with Crippen LogP contribution in [0, 0.1) is 6.92 Å². The standard InChI is InChI=1S/C7H9NO3/c1-5-6(4-11-8-5)2-3-7(9)10/h4H,2-3H2,1H3,(H,9,10). The van der Waals surface area contributed by atoms with Gasteiger partial charge < -0.3 is 9.63 Å². The predicted molar refractivity (Wildman–Crippen MR) is 37.2 cm³/mol. The van der Waals surface area contributed by atoms with Gasteiger partial charge in [-0.15, -0.1) is 0 Å². The van der Waals surface area contributed by atoms with E-state index < -0.39 is 5.97 Å². The van der Waals surface area contributed by atoms with Crippen LogP contribution in [0.3, 0.4) is 0 Å². The van der Waals surface area contributed by atoms with Crippen LogP contribution in [-0.2, 0) is 11.2 Å². The van der Waals surface area contributed by atoms with Gasteiger partial charge in [0.15, 0.2) is 0 Å². The first-order valence-electron chi connectivity index (χ1n) is 3.32. The summed E-state index contributed by atoms with van der Waals surface area (Å²) < 4.78 is 4.63. The van der Waals surface area contributed by atoms with Crippen molar-refractivity contribution >= 4 is 5.97 Å². The minimum Gasteiger partial charge on any atom is -0.481 e. The molecule has 0 aliphatic carbocycles. The summed E-state index contributed by atoms with van der Waals surface area (Å²) in [6, 6.07) is 0. The van der Waals surface area contributed by atoms with Crippen molar-refractivity contribution in [2.75, 3.05) is 0 Å². The monoisotopic (exact) mass is 155 g/mol. The number of nitrogens with zero attached hydrogens (tertiary/aromatic N) is 1. The molecule has 1 aromatic rings. The van der Waals surface area contributed by atoms with E-state index in [4.69, 9.17) is 5.11 Å². The highest BCUT2D eigenvalue weighted by Crippen LogP contribution is 2.07. The molecule has 1 rings (SSSR count). The normalized spacial score (nSPS) is 9.91. The molecule has 0 saturated heterocycles. The average Bonchev–Trinajstić information content (AvgIpc) is 2.31. The summed E-state index contributed by atoms with van der Waals surface area (Å²) in [6.45, 7) is 1.79. The van der Waals surface area contributed by atoms with Gasteiger partial charge in [0.2, 0.25) is 0 Å². The molecule has 0 aliphatic heterocycles. The van der Waals surface area contributed by atoms with E-state index in [1.807, 2.05) is 0 Å². The fraction of sp³-hybridized carbons (Fsp3) is 0.429.